The Morgan fingerprint density at radius 1 is 0.688 bits per heavy atom. The van der Waals surface area contributed by atoms with E-state index in [2.05, 4.69) is 120 Å². The summed E-state index contributed by atoms with van der Waals surface area (Å²) in [5.74, 6) is -0.159. The molecule has 0 aliphatic rings. The standard InChI is InChI=1S/C29H32O2P/c1-31-29(30)24-16-5-3-2-4-6-17-25-32(26-18-10-7-11-19-26,27-20-12-8-13-21-27)28-22-14-9-15-23-28/h3-15,18-23H,2,16-17,24-25H2,1H3/q+1/b5-3-,6-4-. The summed E-state index contributed by atoms with van der Waals surface area (Å²) in [4.78, 5) is 11.2. The van der Waals surface area contributed by atoms with Gasteiger partial charge < -0.3 is 4.74 Å². The molecule has 2 nitrogen and oxygen atoms in total. The maximum Gasteiger partial charge on any atom is 0.305 e. The number of esters is 1. The zero-order valence-electron chi connectivity index (χ0n) is 18.8. The van der Waals surface area contributed by atoms with Gasteiger partial charge in [-0.1, -0.05) is 78.9 Å². The molecule has 0 bridgehead atoms. The molecule has 32 heavy (non-hydrogen) atoms. The van der Waals surface area contributed by atoms with Crippen molar-refractivity contribution >= 4 is 29.1 Å². The third-order valence-electron chi connectivity index (χ3n) is 5.57. The second kappa shape index (κ2) is 12.8. The summed E-state index contributed by atoms with van der Waals surface area (Å²) in [6, 6.07) is 33.0. The molecule has 0 aliphatic heterocycles. The van der Waals surface area contributed by atoms with Gasteiger partial charge in [0, 0.05) is 12.8 Å². The smallest absolute Gasteiger partial charge is 0.305 e. The number of hydrogen-bond acceptors (Lipinski definition) is 2. The van der Waals surface area contributed by atoms with Crippen molar-refractivity contribution in [2.45, 2.75) is 25.7 Å². The van der Waals surface area contributed by atoms with E-state index in [9.17, 15) is 4.79 Å². The first-order valence-electron chi connectivity index (χ1n) is 11.2. The van der Waals surface area contributed by atoms with Crippen molar-refractivity contribution in [3.05, 3.63) is 115 Å². The van der Waals surface area contributed by atoms with Crippen molar-refractivity contribution in [2.75, 3.05) is 13.3 Å². The quantitative estimate of drug-likeness (QED) is 0.212. The first-order chi connectivity index (χ1) is 15.8. The SMILES string of the molecule is COC(=O)CC/C=C\C/C=C\CC[P+](c1ccccc1)(c1ccccc1)c1ccccc1. The Kier molecular flexibility index (Phi) is 9.47. The fraction of sp³-hybridized carbons (Fsp3) is 0.207. The average Bonchev–Trinajstić information content (AvgIpc) is 2.87. The number of carbonyl (C=O) groups excluding carboxylic acids is 1. The largest absolute Gasteiger partial charge is 0.469 e. The van der Waals surface area contributed by atoms with Gasteiger partial charge in [0.2, 0.25) is 0 Å². The molecule has 0 radical (unpaired) electrons. The van der Waals surface area contributed by atoms with Gasteiger partial charge in [-0.3, -0.25) is 4.79 Å². The number of carbonyl (C=O) groups is 1. The summed E-state index contributed by atoms with van der Waals surface area (Å²) in [6.45, 7) is 0. The lowest BCUT2D eigenvalue weighted by molar-refractivity contribution is -0.140. The van der Waals surface area contributed by atoms with Crippen LogP contribution in [0, 0.1) is 0 Å². The van der Waals surface area contributed by atoms with Gasteiger partial charge in [-0.15, -0.1) is 0 Å². The monoisotopic (exact) mass is 443 g/mol. The van der Waals surface area contributed by atoms with E-state index in [0.29, 0.717) is 6.42 Å². The van der Waals surface area contributed by atoms with Crippen LogP contribution in [0.25, 0.3) is 0 Å². The van der Waals surface area contributed by atoms with Crippen LogP contribution >= 0.6 is 7.26 Å². The fourth-order valence-electron chi connectivity index (χ4n) is 3.96. The van der Waals surface area contributed by atoms with Gasteiger partial charge in [0.05, 0.1) is 13.3 Å². The Labute approximate surface area is 193 Å². The van der Waals surface area contributed by atoms with Crippen molar-refractivity contribution in [3.8, 4) is 0 Å². The predicted molar refractivity (Wildman–Crippen MR) is 139 cm³/mol. The molecule has 0 N–H and O–H groups in total. The molecule has 3 aromatic carbocycles. The molecule has 0 saturated heterocycles. The molecule has 3 aromatic rings. The number of allylic oxidation sites excluding steroid dienone is 4. The minimum absolute atomic E-state index is 0.159. The van der Waals surface area contributed by atoms with Gasteiger partial charge in [-0.2, -0.15) is 0 Å². The van der Waals surface area contributed by atoms with E-state index in [4.69, 9.17) is 0 Å². The normalized spacial score (nSPS) is 11.8. The number of hydrogen-bond donors (Lipinski definition) is 0. The highest BCUT2D eigenvalue weighted by atomic mass is 31.2. The predicted octanol–water partition coefficient (Wildman–Crippen LogP) is 5.83. The second-order valence-electron chi connectivity index (χ2n) is 7.62. The van der Waals surface area contributed by atoms with Crippen LogP contribution in [-0.4, -0.2) is 19.2 Å². The van der Waals surface area contributed by atoms with Gasteiger partial charge >= 0.3 is 5.97 Å². The lowest BCUT2D eigenvalue weighted by atomic mass is 10.2. The molecule has 3 heteroatoms. The van der Waals surface area contributed by atoms with Crippen molar-refractivity contribution < 1.29 is 9.53 Å². The van der Waals surface area contributed by atoms with E-state index in [1.807, 2.05) is 0 Å². The van der Waals surface area contributed by atoms with Crippen LogP contribution in [0.2, 0.25) is 0 Å². The lowest BCUT2D eigenvalue weighted by Gasteiger charge is -2.27. The number of methoxy groups -OCH3 is 1. The Hall–Kier alpha value is -2.96. The van der Waals surface area contributed by atoms with Crippen LogP contribution in [-0.2, 0) is 9.53 Å². The summed E-state index contributed by atoms with van der Waals surface area (Å²) in [5, 5.41) is 4.27. The number of ether oxygens (including phenoxy) is 1. The Morgan fingerprint density at radius 2 is 1.12 bits per heavy atom. The van der Waals surface area contributed by atoms with Crippen molar-refractivity contribution in [2.24, 2.45) is 0 Å². The Bertz CT molecular complexity index is 898. The van der Waals surface area contributed by atoms with Crippen LogP contribution in [0.5, 0.6) is 0 Å². The van der Waals surface area contributed by atoms with Gasteiger partial charge in [-0.25, -0.2) is 0 Å². The van der Waals surface area contributed by atoms with Crippen LogP contribution in [0.1, 0.15) is 25.7 Å². The van der Waals surface area contributed by atoms with E-state index in [0.717, 1.165) is 25.4 Å². The minimum Gasteiger partial charge on any atom is -0.469 e. The summed E-state index contributed by atoms with van der Waals surface area (Å²) >= 11 is 0. The van der Waals surface area contributed by atoms with E-state index in [-0.39, 0.29) is 5.97 Å². The molecule has 0 atom stereocenters. The van der Waals surface area contributed by atoms with Gasteiger partial charge in [0.1, 0.15) is 23.2 Å². The van der Waals surface area contributed by atoms with Crippen molar-refractivity contribution in [1.29, 1.82) is 0 Å². The first kappa shape index (κ1) is 23.7. The molecule has 0 heterocycles. The van der Waals surface area contributed by atoms with Gasteiger partial charge in [0.15, 0.2) is 0 Å². The molecular formula is C29H32O2P+. The fourth-order valence-corrected chi connectivity index (χ4v) is 8.21. The maximum atomic E-state index is 11.2. The highest BCUT2D eigenvalue weighted by Crippen LogP contribution is 2.55. The molecule has 0 aromatic heterocycles. The van der Waals surface area contributed by atoms with Crippen LogP contribution in [0.3, 0.4) is 0 Å². The zero-order valence-corrected chi connectivity index (χ0v) is 19.7. The topological polar surface area (TPSA) is 26.3 Å². The van der Waals surface area contributed by atoms with Crippen LogP contribution < -0.4 is 15.9 Å². The highest BCUT2D eigenvalue weighted by molar-refractivity contribution is 7.95. The van der Waals surface area contributed by atoms with E-state index in [1.54, 1.807) is 0 Å². The van der Waals surface area contributed by atoms with Crippen LogP contribution in [0.15, 0.2) is 115 Å². The molecule has 0 aliphatic carbocycles. The highest BCUT2D eigenvalue weighted by Gasteiger charge is 2.44. The zero-order chi connectivity index (χ0) is 22.5. The van der Waals surface area contributed by atoms with Gasteiger partial charge in [-0.05, 0) is 49.2 Å². The van der Waals surface area contributed by atoms with E-state index >= 15 is 0 Å². The molecule has 164 valence electrons. The average molecular weight is 444 g/mol. The molecule has 0 amide bonds. The molecule has 0 saturated carbocycles. The molecular weight excluding hydrogens is 411 g/mol. The minimum atomic E-state index is -1.75. The Morgan fingerprint density at radius 3 is 1.56 bits per heavy atom. The summed E-state index contributed by atoms with van der Waals surface area (Å²) in [5.41, 5.74) is 0. The maximum absolute atomic E-state index is 11.2. The van der Waals surface area contributed by atoms with E-state index in [1.165, 1.54) is 23.0 Å². The molecule has 0 unspecified atom stereocenters. The van der Waals surface area contributed by atoms with Crippen molar-refractivity contribution in [1.82, 2.24) is 0 Å². The lowest BCUT2D eigenvalue weighted by Crippen LogP contribution is -2.33. The molecule has 3 rings (SSSR count). The summed E-state index contributed by atoms with van der Waals surface area (Å²) in [6.07, 6.45) is 12.9. The second-order valence-corrected chi connectivity index (χ2v) is 11.2. The number of rotatable bonds is 11. The molecule has 0 spiro atoms. The van der Waals surface area contributed by atoms with Crippen molar-refractivity contribution in [3.63, 3.8) is 0 Å². The number of benzene rings is 3. The third kappa shape index (κ3) is 6.28. The van der Waals surface area contributed by atoms with E-state index < -0.39 is 7.26 Å². The molecule has 0 fully saturated rings. The third-order valence-corrected chi connectivity index (χ3v) is 10.0. The summed E-state index contributed by atoms with van der Waals surface area (Å²) < 4.78 is 4.67. The van der Waals surface area contributed by atoms with Crippen LogP contribution in [0.4, 0.5) is 0 Å². The first-order valence-corrected chi connectivity index (χ1v) is 13.2. The summed E-state index contributed by atoms with van der Waals surface area (Å²) in [7, 11) is -0.326. The Balaban J connectivity index is 1.78. The van der Waals surface area contributed by atoms with Gasteiger partial charge in [0.25, 0.3) is 0 Å².